The summed E-state index contributed by atoms with van der Waals surface area (Å²) in [6, 6.07) is 3.61. The largest absolute Gasteiger partial charge is 0.358 e. The maximum Gasteiger partial charge on any atom is 0.224 e. The Morgan fingerprint density at radius 2 is 2.12 bits per heavy atom. The number of hydrogen-bond donors (Lipinski definition) is 2. The number of nitrogens with one attached hydrogen (secondary N) is 2. The maximum absolute atomic E-state index is 13.1. The molecule has 0 bridgehead atoms. The van der Waals surface area contributed by atoms with E-state index in [0.29, 0.717) is 24.1 Å². The summed E-state index contributed by atoms with van der Waals surface area (Å²) in [4.78, 5) is 14.0. The Morgan fingerprint density at radius 3 is 2.75 bits per heavy atom. The summed E-state index contributed by atoms with van der Waals surface area (Å²) >= 11 is 5.40. The molecule has 1 fully saturated rings. The first-order valence-corrected chi connectivity index (χ1v) is 8.42. The monoisotopic (exact) mass is 355 g/mol. The van der Waals surface area contributed by atoms with Gasteiger partial charge in [0.15, 0.2) is 16.7 Å². The Hall–Kier alpha value is -1.76. The molecule has 0 radical (unpaired) electrons. The number of nitrogens with zero attached hydrogens (tertiary/aromatic N) is 1. The number of carbonyl (C=O) groups is 1. The minimum atomic E-state index is -0.978. The van der Waals surface area contributed by atoms with Crippen LogP contribution in [0, 0.1) is 11.6 Å². The minimum Gasteiger partial charge on any atom is -0.358 e. The van der Waals surface area contributed by atoms with Crippen molar-refractivity contribution in [2.45, 2.75) is 51.6 Å². The van der Waals surface area contributed by atoms with E-state index in [1.54, 1.807) is 0 Å². The lowest BCUT2D eigenvalue weighted by Crippen LogP contribution is -2.60. The molecule has 1 aliphatic rings. The highest BCUT2D eigenvalue weighted by atomic mass is 32.1. The van der Waals surface area contributed by atoms with Crippen LogP contribution in [0.3, 0.4) is 0 Å². The average molecular weight is 355 g/mol. The molecule has 24 heavy (non-hydrogen) atoms. The van der Waals surface area contributed by atoms with Gasteiger partial charge in [0.2, 0.25) is 5.91 Å². The minimum absolute atomic E-state index is 0.0168. The molecule has 132 valence electrons. The van der Waals surface area contributed by atoms with Crippen LogP contribution in [0.25, 0.3) is 0 Å². The average Bonchev–Trinajstić information content (AvgIpc) is 2.45. The summed E-state index contributed by atoms with van der Waals surface area (Å²) in [5.41, 5.74) is 0.237. The molecule has 4 nitrogen and oxygen atoms in total. The van der Waals surface area contributed by atoms with E-state index in [4.69, 9.17) is 12.2 Å². The van der Waals surface area contributed by atoms with E-state index < -0.39 is 11.6 Å². The van der Waals surface area contributed by atoms with Gasteiger partial charge in [-0.25, -0.2) is 8.78 Å². The fourth-order valence-electron chi connectivity index (χ4n) is 2.99. The summed E-state index contributed by atoms with van der Waals surface area (Å²) in [6.07, 6.45) is 1.88. The molecular formula is C17H23F2N3OS. The molecule has 1 aliphatic heterocycles. The fraction of sp³-hybridized carbons (Fsp3) is 0.529. The molecule has 0 aromatic heterocycles. The second kappa shape index (κ2) is 7.42. The molecule has 1 amide bonds. The first-order chi connectivity index (χ1) is 11.2. The number of thiocarbonyl (C=S) groups is 1. The quantitative estimate of drug-likeness (QED) is 0.795. The molecule has 1 atom stereocenters. The Balaban J connectivity index is 1.80. The van der Waals surface area contributed by atoms with Crippen LogP contribution in [0.2, 0.25) is 0 Å². The maximum atomic E-state index is 13.1. The summed E-state index contributed by atoms with van der Waals surface area (Å²) < 4.78 is 26.0. The molecule has 0 unspecified atom stereocenters. The van der Waals surface area contributed by atoms with Gasteiger partial charge < -0.3 is 15.5 Å². The molecule has 0 aliphatic carbocycles. The zero-order valence-electron chi connectivity index (χ0n) is 14.2. The molecular weight excluding hydrogens is 332 g/mol. The van der Waals surface area contributed by atoms with Crippen LogP contribution in [-0.4, -0.2) is 34.0 Å². The van der Waals surface area contributed by atoms with Gasteiger partial charge in [-0.05, 0) is 58.0 Å². The van der Waals surface area contributed by atoms with E-state index in [1.165, 1.54) is 6.07 Å². The van der Waals surface area contributed by atoms with Gasteiger partial charge in [-0.2, -0.15) is 0 Å². The predicted octanol–water partition coefficient (Wildman–Crippen LogP) is 3.43. The van der Waals surface area contributed by atoms with Gasteiger partial charge in [-0.1, -0.05) is 0 Å². The highest BCUT2D eigenvalue weighted by Crippen LogP contribution is 2.22. The predicted molar refractivity (Wildman–Crippen MR) is 94.8 cm³/mol. The number of carbonyl (C=O) groups excluding carboxylic acids is 1. The van der Waals surface area contributed by atoms with Crippen LogP contribution in [0.4, 0.5) is 14.5 Å². The van der Waals surface area contributed by atoms with Gasteiger partial charge in [-0.3, -0.25) is 4.79 Å². The van der Waals surface area contributed by atoms with E-state index in [-0.39, 0.29) is 23.6 Å². The number of rotatable bonds is 5. The number of halogens is 2. The molecule has 7 heteroatoms. The summed E-state index contributed by atoms with van der Waals surface area (Å²) in [6.45, 7) is 7.02. The van der Waals surface area contributed by atoms with Crippen molar-refractivity contribution >= 4 is 28.9 Å². The summed E-state index contributed by atoms with van der Waals surface area (Å²) in [5.74, 6) is -2.14. The second-order valence-corrected chi connectivity index (χ2v) is 7.23. The third-order valence-electron chi connectivity index (χ3n) is 4.05. The molecule has 1 heterocycles. The van der Waals surface area contributed by atoms with Crippen LogP contribution in [0.1, 0.15) is 40.0 Å². The molecule has 1 aromatic rings. The highest BCUT2D eigenvalue weighted by Gasteiger charge is 2.32. The van der Waals surface area contributed by atoms with E-state index in [1.807, 2.05) is 0 Å². The van der Waals surface area contributed by atoms with Crippen molar-refractivity contribution < 1.29 is 13.6 Å². The van der Waals surface area contributed by atoms with Gasteiger partial charge in [-0.15, -0.1) is 0 Å². The molecule has 0 spiro atoms. The van der Waals surface area contributed by atoms with Gasteiger partial charge in [0.05, 0.1) is 0 Å². The normalized spacial score (nSPS) is 19.8. The highest BCUT2D eigenvalue weighted by molar-refractivity contribution is 7.80. The van der Waals surface area contributed by atoms with Crippen LogP contribution in [0.5, 0.6) is 0 Å². The SMILES string of the molecule is C[C@@H]1CC(C)(C)NC(=S)N1CCCC(=O)Nc1ccc(F)c(F)c1. The second-order valence-electron chi connectivity index (χ2n) is 6.84. The van der Waals surface area contributed by atoms with Gasteiger partial charge in [0.25, 0.3) is 0 Å². The van der Waals surface area contributed by atoms with Crippen LogP contribution in [0.15, 0.2) is 18.2 Å². The number of hydrogen-bond acceptors (Lipinski definition) is 2. The Morgan fingerprint density at radius 1 is 1.42 bits per heavy atom. The van der Waals surface area contributed by atoms with Crippen molar-refractivity contribution in [2.75, 3.05) is 11.9 Å². The lowest BCUT2D eigenvalue weighted by atomic mass is 9.93. The van der Waals surface area contributed by atoms with E-state index in [0.717, 1.165) is 18.6 Å². The number of anilines is 1. The van der Waals surface area contributed by atoms with Gasteiger partial charge in [0, 0.05) is 36.3 Å². The third kappa shape index (κ3) is 4.87. The molecule has 1 aromatic carbocycles. The van der Waals surface area contributed by atoms with Crippen molar-refractivity contribution in [3.05, 3.63) is 29.8 Å². The summed E-state index contributed by atoms with van der Waals surface area (Å²) in [7, 11) is 0. The molecule has 1 saturated heterocycles. The van der Waals surface area contributed by atoms with E-state index in [2.05, 4.69) is 36.3 Å². The first-order valence-electron chi connectivity index (χ1n) is 8.01. The number of benzene rings is 1. The van der Waals surface area contributed by atoms with E-state index in [9.17, 15) is 13.6 Å². The lowest BCUT2D eigenvalue weighted by Gasteiger charge is -2.44. The first kappa shape index (κ1) is 18.6. The Bertz CT molecular complexity index is 636. The Kier molecular flexibility index (Phi) is 5.74. The van der Waals surface area contributed by atoms with Crippen LogP contribution < -0.4 is 10.6 Å². The Labute approximate surface area is 146 Å². The lowest BCUT2D eigenvalue weighted by molar-refractivity contribution is -0.116. The summed E-state index contributed by atoms with van der Waals surface area (Å²) in [5, 5.41) is 6.58. The van der Waals surface area contributed by atoms with E-state index >= 15 is 0 Å². The van der Waals surface area contributed by atoms with Crippen molar-refractivity contribution in [3.8, 4) is 0 Å². The van der Waals surface area contributed by atoms with Gasteiger partial charge in [0.1, 0.15) is 0 Å². The topological polar surface area (TPSA) is 44.4 Å². The fourth-order valence-corrected chi connectivity index (χ4v) is 3.54. The zero-order chi connectivity index (χ0) is 17.9. The molecule has 2 N–H and O–H groups in total. The van der Waals surface area contributed by atoms with Crippen molar-refractivity contribution in [2.24, 2.45) is 0 Å². The van der Waals surface area contributed by atoms with Crippen LogP contribution in [-0.2, 0) is 4.79 Å². The number of amides is 1. The van der Waals surface area contributed by atoms with Crippen LogP contribution >= 0.6 is 12.2 Å². The van der Waals surface area contributed by atoms with Gasteiger partial charge >= 0.3 is 0 Å². The van der Waals surface area contributed by atoms with Crippen molar-refractivity contribution in [1.29, 1.82) is 0 Å². The van der Waals surface area contributed by atoms with Crippen molar-refractivity contribution in [3.63, 3.8) is 0 Å². The zero-order valence-corrected chi connectivity index (χ0v) is 15.0. The molecule has 2 rings (SSSR count). The smallest absolute Gasteiger partial charge is 0.224 e. The third-order valence-corrected chi connectivity index (χ3v) is 4.39. The van der Waals surface area contributed by atoms with Crippen molar-refractivity contribution in [1.82, 2.24) is 10.2 Å². The molecule has 0 saturated carbocycles. The standard InChI is InChI=1S/C17H23F2N3OS/c1-11-10-17(2,3)21-16(24)22(11)8-4-5-15(23)20-12-6-7-13(18)14(19)9-12/h6-7,9,11H,4-5,8,10H2,1-3H3,(H,20,23)(H,21,24)/t11-/m1/s1.